The van der Waals surface area contributed by atoms with Gasteiger partial charge in [0.1, 0.15) is 13.2 Å². The lowest BCUT2D eigenvalue weighted by atomic mass is 10.1. The van der Waals surface area contributed by atoms with Gasteiger partial charge >= 0.3 is 18.1 Å². The van der Waals surface area contributed by atoms with Crippen LogP contribution >= 0.6 is 15.9 Å². The van der Waals surface area contributed by atoms with Crippen LogP contribution in [0.5, 0.6) is 11.5 Å². The molecule has 1 N–H and O–H groups in total. The van der Waals surface area contributed by atoms with Gasteiger partial charge in [-0.25, -0.2) is 0 Å². The quantitative estimate of drug-likeness (QED) is 0.805. The monoisotopic (exact) mass is 411 g/mol. The van der Waals surface area contributed by atoms with E-state index in [-0.39, 0.29) is 0 Å². The fraction of sp³-hybridized carbons (Fsp3) is 0.429. The van der Waals surface area contributed by atoms with Crippen LogP contribution < -0.4 is 9.47 Å². The van der Waals surface area contributed by atoms with E-state index in [0.717, 1.165) is 0 Å². The number of rotatable bonds is 5. The lowest BCUT2D eigenvalue weighted by Gasteiger charge is -2.25. The smallest absolute Gasteiger partial charge is 0.471 e. The molecule has 6 nitrogen and oxygen atoms in total. The highest BCUT2D eigenvalue weighted by molar-refractivity contribution is 9.10. The van der Waals surface area contributed by atoms with E-state index in [1.54, 1.807) is 0 Å². The van der Waals surface area contributed by atoms with E-state index in [0.29, 0.717) is 39.6 Å². The first kappa shape index (κ1) is 18.4. The van der Waals surface area contributed by atoms with Crippen molar-refractivity contribution in [1.29, 1.82) is 0 Å². The molecule has 1 aliphatic rings. The van der Waals surface area contributed by atoms with Crippen LogP contribution in [0.2, 0.25) is 0 Å². The number of amides is 1. The number of carbonyl (C=O) groups is 2. The fourth-order valence-electron chi connectivity index (χ4n) is 2.14. The minimum atomic E-state index is -5.08. The van der Waals surface area contributed by atoms with Gasteiger partial charge in [0.2, 0.25) is 0 Å². The van der Waals surface area contributed by atoms with Crippen LogP contribution in [0.1, 0.15) is 12.0 Å². The molecule has 24 heavy (non-hydrogen) atoms. The summed E-state index contributed by atoms with van der Waals surface area (Å²) < 4.78 is 49.3. The number of halogens is 4. The normalized spacial score (nSPS) is 13.5. The Labute approximate surface area is 143 Å². The summed E-state index contributed by atoms with van der Waals surface area (Å²) in [6, 6.07) is 2.97. The first-order chi connectivity index (χ1) is 11.2. The third-order valence-electron chi connectivity index (χ3n) is 3.16. The highest BCUT2D eigenvalue weighted by atomic mass is 79.9. The number of fused-ring (bicyclic) bond motifs is 1. The van der Waals surface area contributed by atoms with E-state index in [4.69, 9.17) is 14.6 Å². The van der Waals surface area contributed by atoms with Gasteiger partial charge in [-0.1, -0.05) is 0 Å². The number of nitrogens with zero attached hydrogens (tertiary/aromatic N) is 1. The Morgan fingerprint density at radius 2 is 1.92 bits per heavy atom. The average molecular weight is 412 g/mol. The zero-order chi connectivity index (χ0) is 17.9. The number of aliphatic carboxylic acids is 1. The van der Waals surface area contributed by atoms with E-state index < -0.39 is 37.6 Å². The van der Waals surface area contributed by atoms with Crippen LogP contribution in [-0.2, 0) is 16.1 Å². The molecule has 132 valence electrons. The minimum Gasteiger partial charge on any atom is -0.486 e. The first-order valence-electron chi connectivity index (χ1n) is 6.84. The van der Waals surface area contributed by atoms with E-state index >= 15 is 0 Å². The molecule has 2 rings (SSSR count). The Hall–Kier alpha value is -1.97. The van der Waals surface area contributed by atoms with E-state index in [9.17, 15) is 22.8 Å². The van der Waals surface area contributed by atoms with Gasteiger partial charge < -0.3 is 19.5 Å². The van der Waals surface area contributed by atoms with Crippen LogP contribution in [0.25, 0.3) is 0 Å². The summed E-state index contributed by atoms with van der Waals surface area (Å²) in [5, 5.41) is 8.65. The molecule has 1 aliphatic heterocycles. The molecule has 0 radical (unpaired) electrons. The number of alkyl halides is 3. The maximum atomic E-state index is 12.7. The summed E-state index contributed by atoms with van der Waals surface area (Å²) >= 11 is 3.24. The summed E-state index contributed by atoms with van der Waals surface area (Å²) in [5.41, 5.74) is 0.356. The molecule has 1 heterocycles. The number of hydrogen-bond acceptors (Lipinski definition) is 4. The van der Waals surface area contributed by atoms with E-state index in [1.807, 2.05) is 0 Å². The van der Waals surface area contributed by atoms with Crippen molar-refractivity contribution >= 4 is 27.8 Å². The molecule has 0 aromatic heterocycles. The van der Waals surface area contributed by atoms with Crippen LogP contribution in [0.4, 0.5) is 13.2 Å². The predicted molar refractivity (Wildman–Crippen MR) is 78.9 cm³/mol. The SMILES string of the molecule is O=C(O)CCN(Cc1cc(Br)c2c(c1)OCCO2)C(=O)C(F)(F)F. The molecule has 0 fully saturated rings. The fourth-order valence-corrected chi connectivity index (χ4v) is 2.74. The van der Waals surface area contributed by atoms with Crippen molar-refractivity contribution < 1.29 is 37.3 Å². The van der Waals surface area contributed by atoms with Gasteiger partial charge in [-0.3, -0.25) is 9.59 Å². The number of carboxylic acid groups (broad SMARTS) is 1. The third-order valence-corrected chi connectivity index (χ3v) is 3.74. The predicted octanol–water partition coefficient (Wildman–Crippen LogP) is 2.59. The molecule has 0 aliphatic carbocycles. The zero-order valence-corrected chi connectivity index (χ0v) is 13.8. The average Bonchev–Trinajstić information content (AvgIpc) is 2.49. The summed E-state index contributed by atoms with van der Waals surface area (Å²) in [4.78, 5) is 22.6. The van der Waals surface area contributed by atoms with Crippen molar-refractivity contribution in [2.45, 2.75) is 19.1 Å². The van der Waals surface area contributed by atoms with E-state index in [2.05, 4.69) is 15.9 Å². The second-order valence-corrected chi connectivity index (χ2v) is 5.82. The molecule has 1 aromatic carbocycles. The first-order valence-corrected chi connectivity index (χ1v) is 7.63. The van der Waals surface area contributed by atoms with Crippen molar-refractivity contribution in [3.8, 4) is 11.5 Å². The number of benzene rings is 1. The molecule has 0 atom stereocenters. The standard InChI is InChI=1S/C14H13BrF3NO5/c15-9-5-8(6-10-12(9)24-4-3-23-10)7-19(2-1-11(20)21)13(22)14(16,17)18/h5-6H,1-4,7H2,(H,20,21). The Kier molecular flexibility index (Phi) is 5.58. The van der Waals surface area contributed by atoms with Crippen molar-refractivity contribution in [1.82, 2.24) is 4.90 Å². The lowest BCUT2D eigenvalue weighted by molar-refractivity contribution is -0.186. The zero-order valence-electron chi connectivity index (χ0n) is 12.2. The van der Waals surface area contributed by atoms with Crippen LogP contribution in [0.3, 0.4) is 0 Å². The topological polar surface area (TPSA) is 76.1 Å². The maximum Gasteiger partial charge on any atom is 0.471 e. The van der Waals surface area contributed by atoms with Gasteiger partial charge in [0.15, 0.2) is 11.5 Å². The van der Waals surface area contributed by atoms with Crippen molar-refractivity contribution in [3.05, 3.63) is 22.2 Å². The highest BCUT2D eigenvalue weighted by Gasteiger charge is 2.42. The number of carbonyl (C=O) groups excluding carboxylic acids is 1. The van der Waals surface area contributed by atoms with Gasteiger partial charge in [0.25, 0.3) is 0 Å². The number of hydrogen-bond donors (Lipinski definition) is 1. The Morgan fingerprint density at radius 1 is 1.25 bits per heavy atom. The molecule has 1 amide bonds. The molecule has 0 saturated heterocycles. The van der Waals surface area contributed by atoms with Crippen molar-refractivity contribution in [2.75, 3.05) is 19.8 Å². The summed E-state index contributed by atoms with van der Waals surface area (Å²) in [5.74, 6) is -2.60. The molecule has 0 saturated carbocycles. The maximum absolute atomic E-state index is 12.7. The van der Waals surface area contributed by atoms with Crippen LogP contribution in [0, 0.1) is 0 Å². The molecule has 0 bridgehead atoms. The lowest BCUT2D eigenvalue weighted by Crippen LogP contribution is -2.41. The highest BCUT2D eigenvalue weighted by Crippen LogP contribution is 2.39. The van der Waals surface area contributed by atoms with Gasteiger partial charge in [-0.2, -0.15) is 13.2 Å². The van der Waals surface area contributed by atoms with E-state index in [1.165, 1.54) is 12.1 Å². The van der Waals surface area contributed by atoms with Gasteiger partial charge in [0.05, 0.1) is 10.9 Å². The second-order valence-electron chi connectivity index (χ2n) is 4.97. The summed E-state index contributed by atoms with van der Waals surface area (Å²) in [6.45, 7) is -0.310. The molecule has 10 heteroatoms. The summed E-state index contributed by atoms with van der Waals surface area (Å²) in [6.07, 6.45) is -5.67. The number of carboxylic acids is 1. The molecule has 1 aromatic rings. The van der Waals surface area contributed by atoms with Gasteiger partial charge in [-0.15, -0.1) is 0 Å². The molecule has 0 spiro atoms. The minimum absolute atomic E-state index is 0.299. The van der Waals surface area contributed by atoms with Gasteiger partial charge in [-0.05, 0) is 33.6 Å². The Morgan fingerprint density at radius 3 is 2.54 bits per heavy atom. The molecule has 0 unspecified atom stereocenters. The largest absolute Gasteiger partial charge is 0.486 e. The van der Waals surface area contributed by atoms with Crippen LogP contribution in [0.15, 0.2) is 16.6 Å². The van der Waals surface area contributed by atoms with Gasteiger partial charge in [0, 0.05) is 13.1 Å². The van der Waals surface area contributed by atoms with Crippen LogP contribution in [-0.4, -0.2) is 47.8 Å². The second kappa shape index (κ2) is 7.29. The number of ether oxygens (including phenoxy) is 2. The Balaban J connectivity index is 2.23. The van der Waals surface area contributed by atoms with Crippen molar-refractivity contribution in [2.24, 2.45) is 0 Å². The Bertz CT molecular complexity index is 650. The third kappa shape index (κ3) is 4.53. The molecular weight excluding hydrogens is 399 g/mol. The van der Waals surface area contributed by atoms with Crippen molar-refractivity contribution in [3.63, 3.8) is 0 Å². The summed E-state index contributed by atoms with van der Waals surface area (Å²) in [7, 11) is 0. The molecular formula is C14H13BrF3NO5.